The first-order valence-corrected chi connectivity index (χ1v) is 7.83. The van der Waals surface area contributed by atoms with Crippen LogP contribution in [0.3, 0.4) is 0 Å². The molecule has 0 bridgehead atoms. The molecule has 8 nitrogen and oxygen atoms in total. The Morgan fingerprint density at radius 1 is 1.39 bits per heavy atom. The highest BCUT2D eigenvalue weighted by atomic mass is 16.5. The van der Waals surface area contributed by atoms with Crippen molar-refractivity contribution in [2.24, 2.45) is 0 Å². The molecule has 0 aromatic rings. The van der Waals surface area contributed by atoms with Crippen LogP contribution in [-0.2, 0) is 23.9 Å². The minimum absolute atomic E-state index is 0.00465. The molecule has 2 N–H and O–H groups in total. The number of rotatable bonds is 9. The molecule has 1 rings (SSSR count). The topological polar surface area (TPSA) is 105 Å². The summed E-state index contributed by atoms with van der Waals surface area (Å²) >= 11 is 0. The van der Waals surface area contributed by atoms with Gasteiger partial charge >= 0.3 is 5.97 Å². The fraction of sp³-hybridized carbons (Fsp3) is 0.800. The molecule has 1 saturated heterocycles. The fourth-order valence-electron chi connectivity index (χ4n) is 2.31. The number of carbonyl (C=O) groups is 3. The SMILES string of the molecule is CC(=O)NCCN(C(=O)C(C)OCC1CCCO1)C(C)C(=O)O. The van der Waals surface area contributed by atoms with Gasteiger partial charge in [0.15, 0.2) is 0 Å². The van der Waals surface area contributed by atoms with Crippen LogP contribution in [0.5, 0.6) is 0 Å². The van der Waals surface area contributed by atoms with Gasteiger partial charge in [0.2, 0.25) is 5.91 Å². The third kappa shape index (κ3) is 6.54. The first-order chi connectivity index (χ1) is 10.8. The van der Waals surface area contributed by atoms with Gasteiger partial charge in [-0.25, -0.2) is 4.79 Å². The number of nitrogens with one attached hydrogen (secondary N) is 1. The van der Waals surface area contributed by atoms with E-state index in [4.69, 9.17) is 14.6 Å². The Balaban J connectivity index is 2.56. The number of carbonyl (C=O) groups excluding carboxylic acids is 2. The Morgan fingerprint density at radius 2 is 2.09 bits per heavy atom. The molecule has 1 heterocycles. The molecule has 23 heavy (non-hydrogen) atoms. The summed E-state index contributed by atoms with van der Waals surface area (Å²) in [5.74, 6) is -1.75. The number of carboxylic acids is 1. The lowest BCUT2D eigenvalue weighted by molar-refractivity contribution is -0.155. The molecule has 0 aromatic carbocycles. The molecule has 0 aromatic heterocycles. The van der Waals surface area contributed by atoms with Gasteiger partial charge in [0.25, 0.3) is 5.91 Å². The lowest BCUT2D eigenvalue weighted by atomic mass is 10.2. The van der Waals surface area contributed by atoms with E-state index in [0.29, 0.717) is 13.2 Å². The van der Waals surface area contributed by atoms with Crippen molar-refractivity contribution >= 4 is 17.8 Å². The average Bonchev–Trinajstić information content (AvgIpc) is 3.00. The Kier molecular flexibility index (Phi) is 7.97. The van der Waals surface area contributed by atoms with E-state index >= 15 is 0 Å². The highest BCUT2D eigenvalue weighted by Crippen LogP contribution is 2.13. The monoisotopic (exact) mass is 330 g/mol. The smallest absolute Gasteiger partial charge is 0.326 e. The summed E-state index contributed by atoms with van der Waals surface area (Å²) in [6.45, 7) is 5.71. The van der Waals surface area contributed by atoms with Crippen LogP contribution in [-0.4, -0.2) is 72.3 Å². The predicted molar refractivity (Wildman–Crippen MR) is 81.9 cm³/mol. The van der Waals surface area contributed by atoms with Crippen molar-refractivity contribution in [3.8, 4) is 0 Å². The molecule has 132 valence electrons. The van der Waals surface area contributed by atoms with Crippen molar-refractivity contribution in [1.82, 2.24) is 10.2 Å². The molecule has 2 amide bonds. The van der Waals surface area contributed by atoms with Crippen molar-refractivity contribution in [3.63, 3.8) is 0 Å². The van der Waals surface area contributed by atoms with Crippen molar-refractivity contribution in [2.45, 2.75) is 51.9 Å². The molecule has 1 aliphatic rings. The summed E-state index contributed by atoms with van der Waals surface area (Å²) in [5, 5.41) is 11.7. The van der Waals surface area contributed by atoms with E-state index in [2.05, 4.69) is 5.32 Å². The number of amides is 2. The summed E-state index contributed by atoms with van der Waals surface area (Å²) in [4.78, 5) is 35.8. The van der Waals surface area contributed by atoms with Gasteiger partial charge in [-0.3, -0.25) is 9.59 Å². The first kappa shape index (κ1) is 19.4. The van der Waals surface area contributed by atoms with Crippen LogP contribution in [0.4, 0.5) is 0 Å². The molecule has 0 spiro atoms. The summed E-state index contributed by atoms with van der Waals surface area (Å²) in [6, 6.07) is -0.995. The number of carboxylic acid groups (broad SMARTS) is 1. The van der Waals surface area contributed by atoms with E-state index in [-0.39, 0.29) is 25.1 Å². The van der Waals surface area contributed by atoms with Gasteiger partial charge in [-0.15, -0.1) is 0 Å². The molecular weight excluding hydrogens is 304 g/mol. The Morgan fingerprint density at radius 3 is 2.61 bits per heavy atom. The Hall–Kier alpha value is -1.67. The standard InChI is InChI=1S/C15H26N2O6/c1-10(15(20)21)17(7-6-16-12(3)18)14(19)11(2)23-9-13-5-4-8-22-13/h10-11,13H,4-9H2,1-3H3,(H,16,18)(H,20,21). The van der Waals surface area contributed by atoms with Crippen LogP contribution >= 0.6 is 0 Å². The molecule has 1 fully saturated rings. The molecule has 0 aliphatic carbocycles. The van der Waals surface area contributed by atoms with E-state index in [0.717, 1.165) is 12.8 Å². The molecule has 0 saturated carbocycles. The number of ether oxygens (including phenoxy) is 2. The second-order valence-corrected chi connectivity index (χ2v) is 5.64. The van der Waals surface area contributed by atoms with Gasteiger partial charge in [0.1, 0.15) is 12.1 Å². The van der Waals surface area contributed by atoms with Gasteiger partial charge in [-0.2, -0.15) is 0 Å². The van der Waals surface area contributed by atoms with Crippen molar-refractivity contribution < 1.29 is 29.0 Å². The van der Waals surface area contributed by atoms with Crippen LogP contribution < -0.4 is 5.32 Å². The van der Waals surface area contributed by atoms with E-state index < -0.39 is 24.0 Å². The number of nitrogens with zero attached hydrogens (tertiary/aromatic N) is 1. The van der Waals surface area contributed by atoms with E-state index in [9.17, 15) is 14.4 Å². The maximum atomic E-state index is 12.5. The number of hydrogen-bond acceptors (Lipinski definition) is 5. The maximum Gasteiger partial charge on any atom is 0.326 e. The second-order valence-electron chi connectivity index (χ2n) is 5.64. The van der Waals surface area contributed by atoms with E-state index in [1.165, 1.54) is 18.7 Å². The largest absolute Gasteiger partial charge is 0.480 e. The van der Waals surface area contributed by atoms with Crippen molar-refractivity contribution in [3.05, 3.63) is 0 Å². The highest BCUT2D eigenvalue weighted by Gasteiger charge is 2.30. The third-order valence-electron chi connectivity index (χ3n) is 3.74. The molecule has 0 radical (unpaired) electrons. The van der Waals surface area contributed by atoms with Gasteiger partial charge in [0, 0.05) is 26.6 Å². The quantitative estimate of drug-likeness (QED) is 0.617. The zero-order chi connectivity index (χ0) is 17.4. The average molecular weight is 330 g/mol. The Bertz CT molecular complexity index is 422. The second kappa shape index (κ2) is 9.46. The lowest BCUT2D eigenvalue weighted by Gasteiger charge is -2.29. The van der Waals surface area contributed by atoms with Gasteiger partial charge in [0.05, 0.1) is 12.7 Å². The van der Waals surface area contributed by atoms with Crippen LogP contribution in [0, 0.1) is 0 Å². The molecule has 8 heteroatoms. The van der Waals surface area contributed by atoms with Crippen LogP contribution in [0.1, 0.15) is 33.6 Å². The summed E-state index contributed by atoms with van der Waals surface area (Å²) in [5.41, 5.74) is 0. The van der Waals surface area contributed by atoms with Crippen molar-refractivity contribution in [2.75, 3.05) is 26.3 Å². The van der Waals surface area contributed by atoms with E-state index in [1.807, 2.05) is 0 Å². The summed E-state index contributed by atoms with van der Waals surface area (Å²) in [7, 11) is 0. The van der Waals surface area contributed by atoms with Gasteiger partial charge < -0.3 is 24.8 Å². The number of aliphatic carboxylic acids is 1. The summed E-state index contributed by atoms with van der Waals surface area (Å²) in [6.07, 6.45) is 1.11. The number of hydrogen-bond donors (Lipinski definition) is 2. The fourth-order valence-corrected chi connectivity index (χ4v) is 2.31. The van der Waals surface area contributed by atoms with Crippen molar-refractivity contribution in [1.29, 1.82) is 0 Å². The van der Waals surface area contributed by atoms with Gasteiger partial charge in [-0.05, 0) is 26.7 Å². The van der Waals surface area contributed by atoms with Crippen LogP contribution in [0.15, 0.2) is 0 Å². The first-order valence-electron chi connectivity index (χ1n) is 7.83. The third-order valence-corrected chi connectivity index (χ3v) is 3.74. The highest BCUT2D eigenvalue weighted by molar-refractivity contribution is 5.86. The lowest BCUT2D eigenvalue weighted by Crippen LogP contribution is -2.50. The molecule has 1 aliphatic heterocycles. The van der Waals surface area contributed by atoms with Crippen LogP contribution in [0.25, 0.3) is 0 Å². The molecular formula is C15H26N2O6. The zero-order valence-electron chi connectivity index (χ0n) is 13.9. The molecule has 3 unspecified atom stereocenters. The zero-order valence-corrected chi connectivity index (χ0v) is 13.9. The normalized spacial score (nSPS) is 19.9. The van der Waals surface area contributed by atoms with E-state index in [1.54, 1.807) is 6.92 Å². The summed E-state index contributed by atoms with van der Waals surface area (Å²) < 4.78 is 11.0. The van der Waals surface area contributed by atoms with Gasteiger partial charge in [-0.1, -0.05) is 0 Å². The predicted octanol–water partition coefficient (Wildman–Crippen LogP) is 0.00830. The minimum Gasteiger partial charge on any atom is -0.480 e. The molecule has 3 atom stereocenters. The Labute approximate surface area is 136 Å². The van der Waals surface area contributed by atoms with Crippen LogP contribution in [0.2, 0.25) is 0 Å². The maximum absolute atomic E-state index is 12.5. The minimum atomic E-state index is -1.10.